The fourth-order valence-corrected chi connectivity index (χ4v) is 2.18. The monoisotopic (exact) mass is 291 g/mol. The molecule has 1 N–H and O–H groups in total. The molecular formula is C13H16F3NO3. The van der Waals surface area contributed by atoms with Gasteiger partial charge in [0, 0.05) is 18.7 Å². The van der Waals surface area contributed by atoms with Gasteiger partial charge < -0.3 is 19.5 Å². The molecule has 1 unspecified atom stereocenters. The van der Waals surface area contributed by atoms with Gasteiger partial charge in [-0.15, -0.1) is 0 Å². The first-order valence-electron chi connectivity index (χ1n) is 6.12. The van der Waals surface area contributed by atoms with E-state index in [1.165, 1.54) is 20.3 Å². The Bertz CT molecular complexity index is 471. The maximum atomic E-state index is 13.1. The highest BCUT2D eigenvalue weighted by Crippen LogP contribution is 2.43. The molecule has 0 saturated carbocycles. The number of ether oxygens (including phenoxy) is 3. The average Bonchev–Trinajstić information content (AvgIpc) is 2.45. The maximum Gasteiger partial charge on any atom is 0.420 e. The third kappa shape index (κ3) is 2.99. The molecule has 0 spiro atoms. The third-order valence-corrected chi connectivity index (χ3v) is 3.11. The third-order valence-electron chi connectivity index (χ3n) is 3.11. The van der Waals surface area contributed by atoms with Crippen molar-refractivity contribution in [3.8, 4) is 11.5 Å². The topological polar surface area (TPSA) is 39.7 Å². The minimum atomic E-state index is -4.52. The van der Waals surface area contributed by atoms with Crippen LogP contribution in [0.4, 0.5) is 13.2 Å². The smallest absolute Gasteiger partial charge is 0.420 e. The molecular weight excluding hydrogens is 275 g/mol. The van der Waals surface area contributed by atoms with Crippen molar-refractivity contribution in [1.29, 1.82) is 0 Å². The first kappa shape index (κ1) is 14.9. The normalized spacial score (nSPS) is 19.8. The molecule has 1 heterocycles. The van der Waals surface area contributed by atoms with Crippen molar-refractivity contribution < 1.29 is 27.4 Å². The molecule has 2 rings (SSSR count). The van der Waals surface area contributed by atoms with E-state index in [4.69, 9.17) is 14.2 Å². The Balaban J connectivity index is 2.53. The zero-order chi connectivity index (χ0) is 14.8. The van der Waals surface area contributed by atoms with Gasteiger partial charge in [-0.05, 0) is 12.1 Å². The quantitative estimate of drug-likeness (QED) is 0.928. The molecule has 1 atom stereocenters. The van der Waals surface area contributed by atoms with Crippen LogP contribution in [0.1, 0.15) is 17.2 Å². The lowest BCUT2D eigenvalue weighted by molar-refractivity contribution is -0.139. The Morgan fingerprint density at radius 2 is 2.00 bits per heavy atom. The predicted octanol–water partition coefficient (Wildman–Crippen LogP) is 2.38. The summed E-state index contributed by atoms with van der Waals surface area (Å²) in [6, 6.07) is 2.45. The fraction of sp³-hybridized carbons (Fsp3) is 0.538. The van der Waals surface area contributed by atoms with Gasteiger partial charge in [-0.3, -0.25) is 0 Å². The molecule has 0 bridgehead atoms. The van der Waals surface area contributed by atoms with Crippen molar-refractivity contribution in [2.24, 2.45) is 0 Å². The molecule has 4 nitrogen and oxygen atoms in total. The van der Waals surface area contributed by atoms with E-state index >= 15 is 0 Å². The number of hydrogen-bond donors (Lipinski definition) is 1. The summed E-state index contributed by atoms with van der Waals surface area (Å²) in [5, 5.41) is 3.08. The van der Waals surface area contributed by atoms with E-state index in [0.717, 1.165) is 6.07 Å². The number of nitrogens with one attached hydrogen (secondary N) is 1. The molecule has 1 aromatic carbocycles. The van der Waals surface area contributed by atoms with Gasteiger partial charge in [-0.25, -0.2) is 0 Å². The zero-order valence-electron chi connectivity index (χ0n) is 11.2. The minimum Gasteiger partial charge on any atom is -0.497 e. The van der Waals surface area contributed by atoms with Crippen LogP contribution in [0.3, 0.4) is 0 Å². The average molecular weight is 291 g/mol. The van der Waals surface area contributed by atoms with Crippen molar-refractivity contribution in [2.75, 3.05) is 33.9 Å². The van der Waals surface area contributed by atoms with Crippen molar-refractivity contribution in [3.63, 3.8) is 0 Å². The van der Waals surface area contributed by atoms with Crippen molar-refractivity contribution in [2.45, 2.75) is 12.3 Å². The first-order chi connectivity index (χ1) is 9.47. The van der Waals surface area contributed by atoms with E-state index < -0.39 is 17.8 Å². The Kier molecular flexibility index (Phi) is 4.39. The fourth-order valence-electron chi connectivity index (χ4n) is 2.18. The minimum absolute atomic E-state index is 0.127. The summed E-state index contributed by atoms with van der Waals surface area (Å²) >= 11 is 0. The predicted molar refractivity (Wildman–Crippen MR) is 66.1 cm³/mol. The van der Waals surface area contributed by atoms with Gasteiger partial charge in [0.25, 0.3) is 0 Å². The summed E-state index contributed by atoms with van der Waals surface area (Å²) in [4.78, 5) is 0. The summed E-state index contributed by atoms with van der Waals surface area (Å²) < 4.78 is 54.8. The van der Waals surface area contributed by atoms with E-state index in [2.05, 4.69) is 5.32 Å². The molecule has 1 fully saturated rings. The largest absolute Gasteiger partial charge is 0.497 e. The number of rotatable bonds is 3. The highest BCUT2D eigenvalue weighted by atomic mass is 19.4. The molecule has 20 heavy (non-hydrogen) atoms. The summed E-state index contributed by atoms with van der Waals surface area (Å²) in [7, 11) is 2.54. The van der Waals surface area contributed by atoms with E-state index in [0.29, 0.717) is 25.3 Å². The molecule has 7 heteroatoms. The summed E-state index contributed by atoms with van der Waals surface area (Å²) in [5.41, 5.74) is -0.519. The van der Waals surface area contributed by atoms with Crippen LogP contribution in [-0.4, -0.2) is 33.9 Å². The number of morpholine rings is 1. The summed E-state index contributed by atoms with van der Waals surface area (Å²) in [5.74, 6) is -0.0886. The molecule has 0 amide bonds. The Labute approximate surface area is 114 Å². The number of hydrogen-bond acceptors (Lipinski definition) is 4. The number of benzene rings is 1. The number of methoxy groups -OCH3 is 2. The van der Waals surface area contributed by atoms with Gasteiger partial charge in [0.05, 0.1) is 26.9 Å². The lowest BCUT2D eigenvalue weighted by Crippen LogP contribution is -2.33. The van der Waals surface area contributed by atoms with E-state index in [-0.39, 0.29) is 11.5 Å². The van der Waals surface area contributed by atoms with Crippen LogP contribution in [0.15, 0.2) is 12.1 Å². The van der Waals surface area contributed by atoms with Crippen LogP contribution in [0.2, 0.25) is 0 Å². The van der Waals surface area contributed by atoms with Crippen LogP contribution in [0.25, 0.3) is 0 Å². The van der Waals surface area contributed by atoms with E-state index in [9.17, 15) is 13.2 Å². The SMILES string of the molecule is COc1cc(C2CNCCO2)c(OC)c(C(F)(F)F)c1. The Hall–Kier alpha value is -1.47. The second kappa shape index (κ2) is 5.88. The lowest BCUT2D eigenvalue weighted by Gasteiger charge is -2.27. The standard InChI is InChI=1S/C13H16F3NO3/c1-18-8-5-9(11-7-17-3-4-20-11)12(19-2)10(6-8)13(14,15)16/h5-6,11,17H,3-4,7H2,1-2H3. The molecule has 0 aliphatic carbocycles. The Morgan fingerprint density at radius 3 is 2.50 bits per heavy atom. The lowest BCUT2D eigenvalue weighted by atomic mass is 10.0. The number of alkyl halides is 3. The van der Waals surface area contributed by atoms with Crippen molar-refractivity contribution in [3.05, 3.63) is 23.3 Å². The molecule has 1 aliphatic rings. The van der Waals surface area contributed by atoms with Crippen molar-refractivity contribution in [1.82, 2.24) is 5.32 Å². The van der Waals surface area contributed by atoms with Crippen LogP contribution in [0.5, 0.6) is 11.5 Å². The highest BCUT2D eigenvalue weighted by Gasteiger charge is 2.37. The van der Waals surface area contributed by atoms with E-state index in [1.807, 2.05) is 0 Å². The van der Waals surface area contributed by atoms with E-state index in [1.54, 1.807) is 0 Å². The van der Waals surface area contributed by atoms with Gasteiger partial charge in [0.2, 0.25) is 0 Å². The van der Waals surface area contributed by atoms with Crippen LogP contribution in [0, 0.1) is 0 Å². The van der Waals surface area contributed by atoms with Gasteiger partial charge in [-0.2, -0.15) is 13.2 Å². The summed E-state index contributed by atoms with van der Waals surface area (Å²) in [6.45, 7) is 1.54. The molecule has 1 aliphatic heterocycles. The van der Waals surface area contributed by atoms with Gasteiger partial charge in [-0.1, -0.05) is 0 Å². The molecule has 1 saturated heterocycles. The molecule has 0 aromatic heterocycles. The first-order valence-corrected chi connectivity index (χ1v) is 6.12. The highest BCUT2D eigenvalue weighted by molar-refractivity contribution is 5.50. The van der Waals surface area contributed by atoms with Gasteiger partial charge >= 0.3 is 6.18 Å². The maximum absolute atomic E-state index is 13.1. The van der Waals surface area contributed by atoms with Crippen molar-refractivity contribution >= 4 is 0 Å². The summed E-state index contributed by atoms with van der Waals surface area (Å²) in [6.07, 6.45) is -5.01. The number of halogens is 3. The zero-order valence-corrected chi connectivity index (χ0v) is 11.2. The second-order valence-corrected chi connectivity index (χ2v) is 4.36. The van der Waals surface area contributed by atoms with Crippen LogP contribution in [-0.2, 0) is 10.9 Å². The molecule has 1 aromatic rings. The molecule has 112 valence electrons. The van der Waals surface area contributed by atoms with Crippen LogP contribution >= 0.6 is 0 Å². The van der Waals surface area contributed by atoms with Gasteiger partial charge in [0.1, 0.15) is 17.1 Å². The molecule has 0 radical (unpaired) electrons. The second-order valence-electron chi connectivity index (χ2n) is 4.36. The van der Waals surface area contributed by atoms with Gasteiger partial charge in [0.15, 0.2) is 0 Å². The van der Waals surface area contributed by atoms with Crippen LogP contribution < -0.4 is 14.8 Å². The Morgan fingerprint density at radius 1 is 1.25 bits per heavy atom.